The number of carbonyl (C=O) groups excluding carboxylic acids is 1. The third kappa shape index (κ3) is 2.75. The van der Waals surface area contributed by atoms with E-state index in [4.69, 9.17) is 5.73 Å². The molecule has 2 nitrogen and oxygen atoms in total. The number of nitrogens with two attached hydrogens (primary N) is 1. The minimum absolute atomic E-state index is 0.0897. The molecule has 0 aliphatic carbocycles. The first-order valence-corrected chi connectivity index (χ1v) is 2.94. The molecule has 0 fully saturated rings. The summed E-state index contributed by atoms with van der Waals surface area (Å²) in [5, 5.41) is 0. The van der Waals surface area contributed by atoms with Crippen LogP contribution >= 0.6 is 0 Å². The third-order valence-corrected chi connectivity index (χ3v) is 1.12. The number of rotatable bonds is 3. The van der Waals surface area contributed by atoms with E-state index in [0.717, 1.165) is 12.8 Å². The van der Waals surface area contributed by atoms with Gasteiger partial charge >= 0.3 is 0 Å². The summed E-state index contributed by atoms with van der Waals surface area (Å²) in [7, 11) is 0. The van der Waals surface area contributed by atoms with Gasteiger partial charge in [-0.05, 0) is 13.3 Å². The standard InChI is InChI=1S/C6H13NO/c1-3-4-6(7)5(2)8/h6H,3-4,7H2,1-2H3. The average molecular weight is 115 g/mol. The molecule has 0 aliphatic heterocycles. The van der Waals surface area contributed by atoms with Crippen LogP contribution in [0.5, 0.6) is 0 Å². The first kappa shape index (κ1) is 7.63. The van der Waals surface area contributed by atoms with Crippen molar-refractivity contribution in [1.29, 1.82) is 0 Å². The Morgan fingerprint density at radius 2 is 2.25 bits per heavy atom. The van der Waals surface area contributed by atoms with Crippen molar-refractivity contribution < 1.29 is 4.79 Å². The molecule has 1 atom stereocenters. The van der Waals surface area contributed by atoms with Crippen molar-refractivity contribution in [2.45, 2.75) is 32.7 Å². The second-order valence-electron chi connectivity index (χ2n) is 2.01. The van der Waals surface area contributed by atoms with Gasteiger partial charge in [-0.25, -0.2) is 0 Å². The van der Waals surface area contributed by atoms with Crippen LogP contribution in [0.4, 0.5) is 0 Å². The summed E-state index contributed by atoms with van der Waals surface area (Å²) < 4.78 is 0. The lowest BCUT2D eigenvalue weighted by atomic mass is 10.1. The van der Waals surface area contributed by atoms with Crippen LogP contribution in [0, 0.1) is 0 Å². The fourth-order valence-electron chi connectivity index (χ4n) is 0.514. The summed E-state index contributed by atoms with van der Waals surface area (Å²) in [5.74, 6) is 0.0897. The summed E-state index contributed by atoms with van der Waals surface area (Å²) in [4.78, 5) is 10.4. The van der Waals surface area contributed by atoms with Gasteiger partial charge in [-0.3, -0.25) is 4.79 Å². The molecule has 0 aromatic rings. The molecule has 0 amide bonds. The molecule has 0 aromatic heterocycles. The van der Waals surface area contributed by atoms with Crippen molar-refractivity contribution in [2.24, 2.45) is 5.73 Å². The summed E-state index contributed by atoms with van der Waals surface area (Å²) in [6.07, 6.45) is 1.80. The van der Waals surface area contributed by atoms with Crippen LogP contribution in [0.2, 0.25) is 0 Å². The summed E-state index contributed by atoms with van der Waals surface area (Å²) in [5.41, 5.74) is 5.38. The molecule has 0 aromatic carbocycles. The lowest BCUT2D eigenvalue weighted by Crippen LogP contribution is -2.27. The summed E-state index contributed by atoms with van der Waals surface area (Å²) in [6, 6.07) is -0.222. The third-order valence-electron chi connectivity index (χ3n) is 1.12. The molecule has 1 unspecified atom stereocenters. The molecular weight excluding hydrogens is 102 g/mol. The number of hydrogen-bond donors (Lipinski definition) is 1. The number of Topliss-reactive ketones (excluding diaryl/α,β-unsaturated/α-hetero) is 1. The Morgan fingerprint density at radius 1 is 1.75 bits per heavy atom. The largest absolute Gasteiger partial charge is 0.322 e. The maximum absolute atomic E-state index is 10.4. The van der Waals surface area contributed by atoms with Crippen LogP contribution < -0.4 is 5.73 Å². The molecule has 2 N–H and O–H groups in total. The Hall–Kier alpha value is -0.370. The zero-order valence-electron chi connectivity index (χ0n) is 5.48. The predicted molar refractivity (Wildman–Crippen MR) is 33.6 cm³/mol. The van der Waals surface area contributed by atoms with Crippen molar-refractivity contribution in [3.05, 3.63) is 0 Å². The lowest BCUT2D eigenvalue weighted by molar-refractivity contribution is -0.118. The van der Waals surface area contributed by atoms with E-state index in [-0.39, 0.29) is 11.8 Å². The Labute approximate surface area is 50.1 Å². The molecule has 0 bridgehead atoms. The molecule has 0 heterocycles. The minimum Gasteiger partial charge on any atom is -0.322 e. The van der Waals surface area contributed by atoms with E-state index in [1.54, 1.807) is 0 Å². The fourth-order valence-corrected chi connectivity index (χ4v) is 0.514. The molecule has 0 aliphatic rings. The molecule has 8 heavy (non-hydrogen) atoms. The highest BCUT2D eigenvalue weighted by Gasteiger charge is 2.03. The Balaban J connectivity index is 3.32. The Bertz CT molecular complexity index is 80.6. The second-order valence-corrected chi connectivity index (χ2v) is 2.01. The van der Waals surface area contributed by atoms with E-state index in [1.165, 1.54) is 6.92 Å². The Morgan fingerprint density at radius 3 is 2.38 bits per heavy atom. The zero-order chi connectivity index (χ0) is 6.57. The van der Waals surface area contributed by atoms with Crippen LogP contribution in [0.1, 0.15) is 26.7 Å². The van der Waals surface area contributed by atoms with E-state index in [0.29, 0.717) is 0 Å². The molecular formula is C6H13NO. The topological polar surface area (TPSA) is 43.1 Å². The predicted octanol–water partition coefficient (Wildman–Crippen LogP) is 0.703. The number of hydrogen-bond acceptors (Lipinski definition) is 2. The van der Waals surface area contributed by atoms with E-state index in [9.17, 15) is 4.79 Å². The van der Waals surface area contributed by atoms with E-state index < -0.39 is 0 Å². The normalized spacial score (nSPS) is 13.4. The molecule has 0 saturated carbocycles. The smallest absolute Gasteiger partial charge is 0.146 e. The molecule has 0 radical (unpaired) electrons. The highest BCUT2D eigenvalue weighted by molar-refractivity contribution is 5.80. The highest BCUT2D eigenvalue weighted by Crippen LogP contribution is 1.92. The van der Waals surface area contributed by atoms with E-state index in [1.807, 2.05) is 6.92 Å². The lowest BCUT2D eigenvalue weighted by Gasteiger charge is -2.02. The van der Waals surface area contributed by atoms with Gasteiger partial charge in [-0.1, -0.05) is 13.3 Å². The van der Waals surface area contributed by atoms with Crippen LogP contribution in [-0.4, -0.2) is 11.8 Å². The van der Waals surface area contributed by atoms with Gasteiger partial charge in [0, 0.05) is 0 Å². The van der Waals surface area contributed by atoms with Gasteiger partial charge in [0.15, 0.2) is 0 Å². The van der Waals surface area contributed by atoms with E-state index >= 15 is 0 Å². The quantitative estimate of drug-likeness (QED) is 0.588. The van der Waals surface area contributed by atoms with Gasteiger partial charge in [0.2, 0.25) is 0 Å². The van der Waals surface area contributed by atoms with Crippen LogP contribution in [0.3, 0.4) is 0 Å². The van der Waals surface area contributed by atoms with Gasteiger partial charge in [0.1, 0.15) is 5.78 Å². The highest BCUT2D eigenvalue weighted by atomic mass is 16.1. The minimum atomic E-state index is -0.222. The second kappa shape index (κ2) is 3.61. The first-order valence-electron chi connectivity index (χ1n) is 2.94. The summed E-state index contributed by atoms with van der Waals surface area (Å²) >= 11 is 0. The molecule has 0 saturated heterocycles. The average Bonchev–Trinajstić information content (AvgIpc) is 1.67. The SMILES string of the molecule is CCCC(N)C(C)=O. The molecule has 48 valence electrons. The summed E-state index contributed by atoms with van der Waals surface area (Å²) in [6.45, 7) is 3.54. The van der Waals surface area contributed by atoms with Crippen molar-refractivity contribution in [2.75, 3.05) is 0 Å². The van der Waals surface area contributed by atoms with Crippen LogP contribution in [0.15, 0.2) is 0 Å². The van der Waals surface area contributed by atoms with Gasteiger partial charge in [-0.2, -0.15) is 0 Å². The Kier molecular flexibility index (Phi) is 3.44. The fraction of sp³-hybridized carbons (Fsp3) is 0.833. The maximum atomic E-state index is 10.4. The van der Waals surface area contributed by atoms with Crippen LogP contribution in [0.25, 0.3) is 0 Å². The monoisotopic (exact) mass is 115 g/mol. The van der Waals surface area contributed by atoms with Gasteiger partial charge < -0.3 is 5.73 Å². The van der Waals surface area contributed by atoms with E-state index in [2.05, 4.69) is 0 Å². The van der Waals surface area contributed by atoms with Crippen molar-refractivity contribution in [1.82, 2.24) is 0 Å². The maximum Gasteiger partial charge on any atom is 0.146 e. The molecule has 0 spiro atoms. The number of ketones is 1. The van der Waals surface area contributed by atoms with Crippen molar-refractivity contribution >= 4 is 5.78 Å². The van der Waals surface area contributed by atoms with Gasteiger partial charge in [0.25, 0.3) is 0 Å². The molecule has 0 rings (SSSR count). The van der Waals surface area contributed by atoms with Gasteiger partial charge in [-0.15, -0.1) is 0 Å². The molecule has 2 heteroatoms. The zero-order valence-corrected chi connectivity index (χ0v) is 5.48. The van der Waals surface area contributed by atoms with Gasteiger partial charge in [0.05, 0.1) is 6.04 Å². The van der Waals surface area contributed by atoms with Crippen molar-refractivity contribution in [3.63, 3.8) is 0 Å². The number of carbonyl (C=O) groups is 1. The van der Waals surface area contributed by atoms with Crippen molar-refractivity contribution in [3.8, 4) is 0 Å². The first-order chi connectivity index (χ1) is 3.68. The van der Waals surface area contributed by atoms with Crippen LogP contribution in [-0.2, 0) is 4.79 Å².